The highest BCUT2D eigenvalue weighted by Gasteiger charge is 2.31. The van der Waals surface area contributed by atoms with Gasteiger partial charge >= 0.3 is 12.4 Å². The summed E-state index contributed by atoms with van der Waals surface area (Å²) < 4.78 is 75.1. The number of nitriles is 1. The molecule has 60 heavy (non-hydrogen) atoms. The number of nitrogens with zero attached hydrogens (tertiary/aromatic N) is 2. The molecule has 0 aliphatic carbocycles. The summed E-state index contributed by atoms with van der Waals surface area (Å²) >= 11 is 14.6. The minimum atomic E-state index is -4.29. The smallest absolute Gasteiger partial charge is 0.316 e. The maximum absolute atomic E-state index is 12.6. The van der Waals surface area contributed by atoms with Crippen LogP contribution >= 0.6 is 39.1 Å². The van der Waals surface area contributed by atoms with E-state index in [2.05, 4.69) is 26.1 Å². The molecule has 2 heterocycles. The predicted molar refractivity (Wildman–Crippen MR) is 231 cm³/mol. The van der Waals surface area contributed by atoms with Gasteiger partial charge in [0.25, 0.3) is 0 Å². The van der Waals surface area contributed by atoms with Gasteiger partial charge in [0.2, 0.25) is 0 Å². The molecule has 0 aromatic heterocycles. The molecule has 2 atom stereocenters. The minimum absolute atomic E-state index is 0.0710. The van der Waals surface area contributed by atoms with Crippen LogP contribution in [0.2, 0.25) is 10.0 Å². The largest absolute Gasteiger partial charge is 0.416 e. The number of Topliss-reactive ketones (excluding diaryl/α,β-unsaturated/α-hetero) is 2. The number of likely N-dealkylation sites (tertiary alicyclic amines) is 1. The maximum Gasteiger partial charge on any atom is 0.416 e. The van der Waals surface area contributed by atoms with Crippen molar-refractivity contribution in [3.63, 3.8) is 0 Å². The Kier molecular flexibility index (Phi) is 21.9. The van der Waals surface area contributed by atoms with Crippen molar-refractivity contribution in [3.05, 3.63) is 140 Å². The molecule has 5 nitrogen and oxygen atoms in total. The van der Waals surface area contributed by atoms with Gasteiger partial charge in [-0.3, -0.25) is 14.5 Å². The second kappa shape index (κ2) is 25.9. The number of alkyl halides is 7. The molecule has 4 aromatic carbocycles. The van der Waals surface area contributed by atoms with E-state index in [0.29, 0.717) is 44.9 Å². The average molecular weight is 942 g/mol. The molecule has 0 saturated carbocycles. The number of ketones is 2. The van der Waals surface area contributed by atoms with E-state index in [1.54, 1.807) is 78.9 Å². The Labute approximate surface area is 367 Å². The Bertz CT molecular complexity index is 1910. The number of halogens is 9. The third-order valence-electron chi connectivity index (χ3n) is 10.1. The number of hydrogen-bond donors (Lipinski definition) is 1. The predicted octanol–water partition coefficient (Wildman–Crippen LogP) is 13.0. The molecule has 2 saturated heterocycles. The van der Waals surface area contributed by atoms with Crippen LogP contribution in [-0.4, -0.2) is 54.5 Å². The quantitative estimate of drug-likeness (QED) is 0.0921. The molecule has 2 fully saturated rings. The number of carbonyl (C=O) groups excluding carboxylic acids is 2. The summed E-state index contributed by atoms with van der Waals surface area (Å²) in [5.74, 6) is 1.27. The van der Waals surface area contributed by atoms with Gasteiger partial charge in [-0.15, -0.1) is 0 Å². The SMILES string of the molecule is CC#N.FC(F)(F)c1ccc(CCC2CCCNC2)cc1.O=C(CBr)c1ccc(Cl)cc1.O=C(CN1CCCC(CCc2ccc(C(F)(F)F)cc2)C1)c1ccc(Cl)cc1. The van der Waals surface area contributed by atoms with Crippen LogP contribution in [0, 0.1) is 23.2 Å². The zero-order valence-electron chi connectivity index (χ0n) is 33.4. The van der Waals surface area contributed by atoms with E-state index in [9.17, 15) is 35.9 Å². The van der Waals surface area contributed by atoms with E-state index in [4.69, 9.17) is 28.5 Å². The normalized spacial score (nSPS) is 16.7. The lowest BCUT2D eigenvalue weighted by Gasteiger charge is -2.32. The van der Waals surface area contributed by atoms with Crippen LogP contribution in [0.3, 0.4) is 0 Å². The van der Waals surface area contributed by atoms with E-state index in [1.807, 2.05) is 0 Å². The topological polar surface area (TPSA) is 73.2 Å². The standard InChI is InChI=1S/C22H23ClF3NO.C14H18F3N.C8H6BrClO.C2H3N/c23-20-11-7-18(8-12-20)21(28)15-27-13-1-2-17(14-27)4-3-16-5-9-19(10-6-16)22(24,25)26;15-14(16,17)13-7-5-11(6-8-13)3-4-12-2-1-9-18-10-12;9-5-8(11)6-1-3-7(10)4-2-6;1-2-3/h5-12,17H,1-4,13-15H2;5-8,12,18H,1-4,9-10H2;1-4H,5H2;1H3. The molecular weight excluding hydrogens is 891 g/mol. The fourth-order valence-corrected chi connectivity index (χ4v) is 7.38. The van der Waals surface area contributed by atoms with Crippen molar-refractivity contribution in [1.29, 1.82) is 5.26 Å². The zero-order chi connectivity index (χ0) is 44.1. The average Bonchev–Trinajstić information content (AvgIpc) is 3.23. The number of piperidine rings is 2. The summed E-state index contributed by atoms with van der Waals surface area (Å²) in [6, 6.07) is 26.5. The monoisotopic (exact) mass is 939 g/mol. The number of carbonyl (C=O) groups is 2. The Morgan fingerprint density at radius 3 is 1.57 bits per heavy atom. The summed E-state index contributed by atoms with van der Waals surface area (Å²) in [5.41, 5.74) is 2.09. The van der Waals surface area contributed by atoms with Gasteiger partial charge < -0.3 is 5.32 Å². The van der Waals surface area contributed by atoms with Crippen molar-refractivity contribution >= 4 is 50.7 Å². The van der Waals surface area contributed by atoms with E-state index < -0.39 is 23.5 Å². The van der Waals surface area contributed by atoms with Crippen molar-refractivity contribution in [2.75, 3.05) is 38.1 Å². The highest BCUT2D eigenvalue weighted by molar-refractivity contribution is 9.09. The van der Waals surface area contributed by atoms with Gasteiger partial charge in [-0.1, -0.05) is 63.4 Å². The third kappa shape index (κ3) is 18.9. The zero-order valence-corrected chi connectivity index (χ0v) is 36.5. The van der Waals surface area contributed by atoms with Crippen LogP contribution in [0.4, 0.5) is 26.3 Å². The first kappa shape index (κ1) is 50.6. The van der Waals surface area contributed by atoms with Crippen molar-refractivity contribution in [1.82, 2.24) is 10.2 Å². The van der Waals surface area contributed by atoms with Crippen LogP contribution in [0.15, 0.2) is 97.1 Å². The molecule has 0 amide bonds. The van der Waals surface area contributed by atoms with E-state index in [-0.39, 0.29) is 11.6 Å². The van der Waals surface area contributed by atoms with Gasteiger partial charge in [-0.05, 0) is 167 Å². The van der Waals surface area contributed by atoms with Crippen molar-refractivity contribution in [3.8, 4) is 6.07 Å². The molecule has 2 unspecified atom stereocenters. The molecular formula is C46H50BrCl2F6N3O2. The summed E-state index contributed by atoms with van der Waals surface area (Å²) in [6.45, 7) is 5.70. The van der Waals surface area contributed by atoms with Crippen molar-refractivity contribution in [2.45, 2.75) is 70.6 Å². The van der Waals surface area contributed by atoms with Gasteiger partial charge in [0, 0.05) is 34.6 Å². The number of aryl methyl sites for hydroxylation is 2. The van der Waals surface area contributed by atoms with Crippen LogP contribution in [0.5, 0.6) is 0 Å². The summed E-state index contributed by atoms with van der Waals surface area (Å²) in [5, 5.41) is 12.3. The fourth-order valence-electron chi connectivity index (χ4n) is 6.81. The molecule has 2 aliphatic heterocycles. The molecule has 2 aliphatic rings. The Morgan fingerprint density at radius 2 is 1.15 bits per heavy atom. The van der Waals surface area contributed by atoms with E-state index in [1.165, 1.54) is 31.9 Å². The summed E-state index contributed by atoms with van der Waals surface area (Å²) in [6.07, 6.45) is -0.379. The van der Waals surface area contributed by atoms with E-state index >= 15 is 0 Å². The lowest BCUT2D eigenvalue weighted by atomic mass is 9.91. The van der Waals surface area contributed by atoms with Crippen LogP contribution in [0.1, 0.15) is 88.4 Å². The lowest BCUT2D eigenvalue weighted by molar-refractivity contribution is -0.138. The van der Waals surface area contributed by atoms with Crippen molar-refractivity contribution < 1.29 is 35.9 Å². The number of rotatable bonds is 11. The molecule has 4 aromatic rings. The highest BCUT2D eigenvalue weighted by Crippen LogP contribution is 2.31. The summed E-state index contributed by atoms with van der Waals surface area (Å²) in [7, 11) is 0. The van der Waals surface area contributed by atoms with Crippen molar-refractivity contribution in [2.24, 2.45) is 11.8 Å². The number of hydrogen-bond acceptors (Lipinski definition) is 5. The Morgan fingerprint density at radius 1 is 0.717 bits per heavy atom. The first-order valence-electron chi connectivity index (χ1n) is 19.7. The van der Waals surface area contributed by atoms with Gasteiger partial charge in [0.1, 0.15) is 0 Å². The number of nitrogens with one attached hydrogen (secondary N) is 1. The molecule has 0 spiro atoms. The maximum atomic E-state index is 12.6. The molecule has 14 heteroatoms. The van der Waals surface area contributed by atoms with Gasteiger partial charge in [0.05, 0.1) is 29.1 Å². The first-order chi connectivity index (χ1) is 28.5. The van der Waals surface area contributed by atoms with Crippen LogP contribution in [-0.2, 0) is 25.2 Å². The lowest BCUT2D eigenvalue weighted by Crippen LogP contribution is -2.39. The molecule has 1 N–H and O–H groups in total. The minimum Gasteiger partial charge on any atom is -0.316 e. The van der Waals surface area contributed by atoms with Gasteiger partial charge in [0.15, 0.2) is 11.6 Å². The molecule has 324 valence electrons. The third-order valence-corrected chi connectivity index (χ3v) is 11.1. The Balaban J connectivity index is 0.000000256. The second-order valence-corrected chi connectivity index (χ2v) is 16.1. The van der Waals surface area contributed by atoms with Crippen LogP contribution < -0.4 is 5.32 Å². The second-order valence-electron chi connectivity index (χ2n) is 14.6. The van der Waals surface area contributed by atoms with E-state index in [0.717, 1.165) is 88.0 Å². The van der Waals surface area contributed by atoms with Gasteiger partial charge in [-0.2, -0.15) is 31.6 Å². The Hall–Kier alpha value is -3.73. The molecule has 6 rings (SSSR count). The molecule has 0 bridgehead atoms. The summed E-state index contributed by atoms with van der Waals surface area (Å²) in [4.78, 5) is 25.7. The first-order valence-corrected chi connectivity index (χ1v) is 21.6. The van der Waals surface area contributed by atoms with Crippen LogP contribution in [0.25, 0.3) is 0 Å². The van der Waals surface area contributed by atoms with Gasteiger partial charge in [-0.25, -0.2) is 0 Å². The molecule has 0 radical (unpaired) electrons. The highest BCUT2D eigenvalue weighted by atomic mass is 79.9. The fraction of sp³-hybridized carbons (Fsp3) is 0.413. The number of benzene rings is 4.